The molecule has 3 rings (SSSR count). The van der Waals surface area contributed by atoms with E-state index in [2.05, 4.69) is 10.5 Å². The molecule has 0 radical (unpaired) electrons. The van der Waals surface area contributed by atoms with Crippen molar-refractivity contribution in [1.82, 2.24) is 10.3 Å². The highest BCUT2D eigenvalue weighted by atomic mass is 32.2. The zero-order valence-electron chi connectivity index (χ0n) is 10.4. The topological polar surface area (TPSA) is 87.8 Å². The van der Waals surface area contributed by atoms with Crippen LogP contribution in [0.25, 0.3) is 5.70 Å². The Morgan fingerprint density at radius 3 is 2.75 bits per heavy atom. The molecule has 0 unspecified atom stereocenters. The summed E-state index contributed by atoms with van der Waals surface area (Å²) < 4.78 is 0. The lowest BCUT2D eigenvalue weighted by Gasteiger charge is -2.19. The Kier molecular flexibility index (Phi) is 2.94. The quantitative estimate of drug-likeness (QED) is 0.662. The average molecular weight is 290 g/mol. The van der Waals surface area contributed by atoms with Crippen molar-refractivity contribution in [3.05, 3.63) is 46.1 Å². The second kappa shape index (κ2) is 4.64. The summed E-state index contributed by atoms with van der Waals surface area (Å²) in [6, 6.07) is 6.07. The molecule has 1 N–H and O–H groups in total. The minimum absolute atomic E-state index is 0.0188. The molecule has 1 atom stereocenters. The number of hydrogen-bond acceptors (Lipinski definition) is 6. The largest absolute Gasteiger partial charge is 0.274 e. The van der Waals surface area contributed by atoms with Gasteiger partial charge < -0.3 is 0 Å². The van der Waals surface area contributed by atoms with Crippen LogP contribution in [-0.2, 0) is 4.79 Å². The van der Waals surface area contributed by atoms with E-state index in [0.29, 0.717) is 10.9 Å². The summed E-state index contributed by atoms with van der Waals surface area (Å²) in [4.78, 5) is 23.6. The minimum atomic E-state index is -0.453. The van der Waals surface area contributed by atoms with Crippen LogP contribution in [0.1, 0.15) is 12.5 Å². The van der Waals surface area contributed by atoms with Crippen LogP contribution in [-0.4, -0.2) is 26.1 Å². The standard InChI is InChI=1S/C12H10N4O3S/c1-7-11(17)15-6-10(13-14-12(15)20-7)8-2-4-9(5-3-8)16(18)19/h2-7,13H,1H3/t7-/m1/s1. The molecule has 1 aromatic carbocycles. The van der Waals surface area contributed by atoms with Crippen LogP contribution in [0.15, 0.2) is 35.6 Å². The third-order valence-electron chi connectivity index (χ3n) is 2.99. The van der Waals surface area contributed by atoms with E-state index in [9.17, 15) is 14.9 Å². The van der Waals surface area contributed by atoms with Gasteiger partial charge in [-0.2, -0.15) is 0 Å². The summed E-state index contributed by atoms with van der Waals surface area (Å²) in [6.45, 7) is 1.83. The highest BCUT2D eigenvalue weighted by Gasteiger charge is 2.36. The molecular formula is C12H10N4O3S. The number of nitro groups is 1. The molecule has 0 saturated carbocycles. The fourth-order valence-electron chi connectivity index (χ4n) is 1.92. The number of hydrogen-bond donors (Lipinski definition) is 1. The van der Waals surface area contributed by atoms with Crippen molar-refractivity contribution in [2.75, 3.05) is 0 Å². The SMILES string of the molecule is C[C@H]1SC2=NNC(c3ccc([N+](=O)[O-])cc3)=CN2C1=O. The molecular weight excluding hydrogens is 280 g/mol. The molecule has 7 nitrogen and oxygen atoms in total. The Hall–Kier alpha value is -2.35. The fourth-order valence-corrected chi connectivity index (χ4v) is 2.81. The number of fused-ring (bicyclic) bond motifs is 1. The first-order valence-corrected chi connectivity index (χ1v) is 6.74. The van der Waals surface area contributed by atoms with E-state index in [1.807, 2.05) is 6.92 Å². The van der Waals surface area contributed by atoms with Gasteiger partial charge in [0.25, 0.3) is 5.69 Å². The molecule has 0 bridgehead atoms. The molecule has 2 aliphatic rings. The Morgan fingerprint density at radius 2 is 2.10 bits per heavy atom. The molecule has 1 saturated heterocycles. The second-order valence-electron chi connectivity index (χ2n) is 4.32. The highest BCUT2D eigenvalue weighted by molar-refractivity contribution is 8.15. The van der Waals surface area contributed by atoms with Gasteiger partial charge in [0.2, 0.25) is 5.91 Å². The maximum Gasteiger partial charge on any atom is 0.269 e. The number of carbonyl (C=O) groups is 1. The van der Waals surface area contributed by atoms with Crippen molar-refractivity contribution < 1.29 is 9.72 Å². The van der Waals surface area contributed by atoms with Crippen LogP contribution >= 0.6 is 11.8 Å². The van der Waals surface area contributed by atoms with E-state index < -0.39 is 4.92 Å². The molecule has 102 valence electrons. The first kappa shape index (κ1) is 12.7. The molecule has 0 spiro atoms. The van der Waals surface area contributed by atoms with Crippen LogP contribution in [0.4, 0.5) is 5.69 Å². The van der Waals surface area contributed by atoms with Gasteiger partial charge in [-0.15, -0.1) is 5.10 Å². The summed E-state index contributed by atoms with van der Waals surface area (Å²) in [5, 5.41) is 15.2. The van der Waals surface area contributed by atoms with Gasteiger partial charge in [0.1, 0.15) is 0 Å². The zero-order valence-corrected chi connectivity index (χ0v) is 11.3. The van der Waals surface area contributed by atoms with Crippen LogP contribution in [0.5, 0.6) is 0 Å². The predicted molar refractivity (Wildman–Crippen MR) is 75.5 cm³/mol. The van der Waals surface area contributed by atoms with Gasteiger partial charge in [-0.1, -0.05) is 11.8 Å². The number of benzene rings is 1. The lowest BCUT2D eigenvalue weighted by atomic mass is 10.1. The zero-order chi connectivity index (χ0) is 14.3. The number of nitrogens with one attached hydrogen (secondary N) is 1. The number of thioether (sulfide) groups is 1. The van der Waals surface area contributed by atoms with Gasteiger partial charge in [0, 0.05) is 23.9 Å². The highest BCUT2D eigenvalue weighted by Crippen LogP contribution is 2.30. The van der Waals surface area contributed by atoms with Crippen LogP contribution in [0.3, 0.4) is 0 Å². The van der Waals surface area contributed by atoms with E-state index >= 15 is 0 Å². The van der Waals surface area contributed by atoms with E-state index in [-0.39, 0.29) is 16.8 Å². The fraction of sp³-hybridized carbons (Fsp3) is 0.167. The molecule has 20 heavy (non-hydrogen) atoms. The van der Waals surface area contributed by atoms with Crippen molar-refractivity contribution >= 4 is 34.2 Å². The summed E-state index contributed by atoms with van der Waals surface area (Å²) in [7, 11) is 0. The first-order valence-electron chi connectivity index (χ1n) is 5.86. The number of non-ortho nitro benzene ring substituents is 1. The molecule has 1 aromatic rings. The molecule has 2 heterocycles. The normalized spacial score (nSPS) is 20.9. The molecule has 2 aliphatic heterocycles. The van der Waals surface area contributed by atoms with E-state index in [4.69, 9.17) is 0 Å². The van der Waals surface area contributed by atoms with Gasteiger partial charge in [-0.3, -0.25) is 25.2 Å². The maximum atomic E-state index is 11.9. The lowest BCUT2D eigenvalue weighted by Crippen LogP contribution is -2.31. The maximum absolute atomic E-state index is 11.9. The first-order chi connectivity index (χ1) is 9.56. The minimum Gasteiger partial charge on any atom is -0.274 e. The molecule has 1 fully saturated rings. The average Bonchev–Trinajstić information content (AvgIpc) is 2.74. The van der Waals surface area contributed by atoms with Crippen LogP contribution in [0.2, 0.25) is 0 Å². The number of carbonyl (C=O) groups excluding carboxylic acids is 1. The Morgan fingerprint density at radius 1 is 1.40 bits per heavy atom. The second-order valence-corrected chi connectivity index (χ2v) is 5.63. The summed E-state index contributed by atoms with van der Waals surface area (Å²) in [6.07, 6.45) is 1.67. The number of amidine groups is 1. The van der Waals surface area contributed by atoms with Gasteiger partial charge in [0.05, 0.1) is 15.9 Å². The Bertz CT molecular complexity index is 653. The molecule has 8 heteroatoms. The van der Waals surface area contributed by atoms with Crippen LogP contribution < -0.4 is 5.43 Å². The van der Waals surface area contributed by atoms with Gasteiger partial charge in [-0.05, 0) is 19.1 Å². The third-order valence-corrected chi connectivity index (χ3v) is 4.05. The number of hydrazone groups is 1. The van der Waals surface area contributed by atoms with E-state index in [1.165, 1.54) is 28.8 Å². The van der Waals surface area contributed by atoms with Crippen molar-refractivity contribution in [1.29, 1.82) is 0 Å². The van der Waals surface area contributed by atoms with Crippen molar-refractivity contribution in [2.45, 2.75) is 12.2 Å². The number of nitrogens with zero attached hydrogens (tertiary/aromatic N) is 3. The smallest absolute Gasteiger partial charge is 0.269 e. The summed E-state index contributed by atoms with van der Waals surface area (Å²) >= 11 is 1.39. The predicted octanol–water partition coefficient (Wildman–Crippen LogP) is 1.73. The number of amides is 1. The van der Waals surface area contributed by atoms with Gasteiger partial charge in [-0.25, -0.2) is 0 Å². The van der Waals surface area contributed by atoms with Crippen molar-refractivity contribution in [3.63, 3.8) is 0 Å². The Balaban J connectivity index is 1.89. The third kappa shape index (κ3) is 2.03. The molecule has 1 amide bonds. The number of nitro benzene ring substituents is 1. The van der Waals surface area contributed by atoms with E-state index in [0.717, 1.165) is 5.56 Å². The molecule has 0 aliphatic carbocycles. The van der Waals surface area contributed by atoms with Crippen molar-refractivity contribution in [2.24, 2.45) is 5.10 Å². The van der Waals surface area contributed by atoms with Crippen molar-refractivity contribution in [3.8, 4) is 0 Å². The summed E-state index contributed by atoms with van der Waals surface area (Å²) in [5.41, 5.74) is 4.25. The lowest BCUT2D eigenvalue weighted by molar-refractivity contribution is -0.384. The Labute approximate surface area is 118 Å². The van der Waals surface area contributed by atoms with Crippen LogP contribution in [0, 0.1) is 10.1 Å². The monoisotopic (exact) mass is 290 g/mol. The van der Waals surface area contributed by atoms with E-state index in [1.54, 1.807) is 18.3 Å². The molecule has 0 aromatic heterocycles. The number of rotatable bonds is 2. The van der Waals surface area contributed by atoms with Gasteiger partial charge >= 0.3 is 0 Å². The summed E-state index contributed by atoms with van der Waals surface area (Å²) in [5.74, 6) is -0.0188. The van der Waals surface area contributed by atoms with Gasteiger partial charge in [0.15, 0.2) is 5.17 Å².